The van der Waals surface area contributed by atoms with Gasteiger partial charge in [0.05, 0.1) is 16.5 Å². The SMILES string of the molecule is COC(=O)[C@@H](C)Nc1ccc(Br)c(F)c1[N+](=O)[O-]. The summed E-state index contributed by atoms with van der Waals surface area (Å²) in [6, 6.07) is 1.80. The van der Waals surface area contributed by atoms with Gasteiger partial charge in [0, 0.05) is 0 Å². The number of nitrogens with one attached hydrogen (secondary N) is 1. The maximum Gasteiger partial charge on any atom is 0.328 e. The molecule has 0 aliphatic carbocycles. The van der Waals surface area contributed by atoms with Gasteiger partial charge in [-0.2, -0.15) is 4.39 Å². The smallest absolute Gasteiger partial charge is 0.328 e. The zero-order valence-corrected chi connectivity index (χ0v) is 11.2. The minimum Gasteiger partial charge on any atom is -0.467 e. The highest BCUT2D eigenvalue weighted by Gasteiger charge is 2.25. The van der Waals surface area contributed by atoms with Gasteiger partial charge in [0.2, 0.25) is 5.82 Å². The van der Waals surface area contributed by atoms with Crippen molar-refractivity contribution in [2.75, 3.05) is 12.4 Å². The molecule has 0 aromatic heterocycles. The van der Waals surface area contributed by atoms with Gasteiger partial charge in [-0.25, -0.2) is 4.79 Å². The lowest BCUT2D eigenvalue weighted by Gasteiger charge is -2.13. The molecule has 0 heterocycles. The fourth-order valence-corrected chi connectivity index (χ4v) is 1.62. The highest BCUT2D eigenvalue weighted by atomic mass is 79.9. The number of nitro groups is 1. The lowest BCUT2D eigenvalue weighted by Crippen LogP contribution is -2.27. The third-order valence-electron chi connectivity index (χ3n) is 2.18. The van der Waals surface area contributed by atoms with Crippen LogP contribution in [0.1, 0.15) is 6.92 Å². The molecule has 8 heteroatoms. The Kier molecular flexibility index (Phi) is 4.60. The summed E-state index contributed by atoms with van der Waals surface area (Å²) in [4.78, 5) is 21.1. The number of carbonyl (C=O) groups is 1. The molecule has 0 amide bonds. The van der Waals surface area contributed by atoms with E-state index >= 15 is 0 Å². The molecule has 98 valence electrons. The normalized spacial score (nSPS) is 11.8. The zero-order valence-electron chi connectivity index (χ0n) is 9.57. The summed E-state index contributed by atoms with van der Waals surface area (Å²) in [6.07, 6.45) is 0. The molecule has 1 N–H and O–H groups in total. The van der Waals surface area contributed by atoms with Crippen LogP contribution in [0.15, 0.2) is 16.6 Å². The van der Waals surface area contributed by atoms with Crippen molar-refractivity contribution in [2.45, 2.75) is 13.0 Å². The second-order valence-corrected chi connectivity index (χ2v) is 4.26. The van der Waals surface area contributed by atoms with Gasteiger partial charge >= 0.3 is 11.7 Å². The van der Waals surface area contributed by atoms with E-state index in [1.165, 1.54) is 26.2 Å². The molecule has 0 radical (unpaired) electrons. The number of hydrogen-bond donors (Lipinski definition) is 1. The summed E-state index contributed by atoms with van der Waals surface area (Å²) in [6.45, 7) is 1.45. The first-order chi connectivity index (χ1) is 8.38. The summed E-state index contributed by atoms with van der Waals surface area (Å²) in [5.41, 5.74) is -0.807. The Hall–Kier alpha value is -1.70. The number of rotatable bonds is 4. The lowest BCUT2D eigenvalue weighted by molar-refractivity contribution is -0.386. The van der Waals surface area contributed by atoms with Crippen molar-refractivity contribution < 1.29 is 18.8 Å². The number of ether oxygens (including phenoxy) is 1. The third kappa shape index (κ3) is 2.95. The number of nitro benzene ring substituents is 1. The van der Waals surface area contributed by atoms with Crippen LogP contribution in [-0.2, 0) is 9.53 Å². The van der Waals surface area contributed by atoms with E-state index in [9.17, 15) is 19.3 Å². The number of methoxy groups -OCH3 is 1. The number of hydrogen-bond acceptors (Lipinski definition) is 5. The van der Waals surface area contributed by atoms with Crippen LogP contribution >= 0.6 is 15.9 Å². The molecule has 1 aromatic rings. The van der Waals surface area contributed by atoms with Gasteiger partial charge < -0.3 is 10.1 Å². The molecular weight excluding hydrogens is 311 g/mol. The van der Waals surface area contributed by atoms with Crippen LogP contribution in [0.2, 0.25) is 0 Å². The number of nitrogens with zero attached hydrogens (tertiary/aromatic N) is 1. The first kappa shape index (κ1) is 14.4. The molecule has 0 bridgehead atoms. The maximum absolute atomic E-state index is 13.6. The molecular formula is C10H10BrFN2O4. The van der Waals surface area contributed by atoms with E-state index < -0.39 is 28.4 Å². The third-order valence-corrected chi connectivity index (χ3v) is 2.79. The standard InChI is InChI=1S/C10H10BrFN2O4/c1-5(10(15)18-2)13-7-4-3-6(11)8(12)9(7)14(16)17/h3-5,13H,1-2H3/t5-/m1/s1. The highest BCUT2D eigenvalue weighted by molar-refractivity contribution is 9.10. The minimum absolute atomic E-state index is 0.0227. The molecule has 0 aliphatic rings. The topological polar surface area (TPSA) is 81.5 Å². The van der Waals surface area contributed by atoms with Crippen molar-refractivity contribution in [1.29, 1.82) is 0 Å². The summed E-state index contributed by atoms with van der Waals surface area (Å²) < 4.78 is 18.0. The maximum atomic E-state index is 13.6. The Bertz CT molecular complexity index is 495. The van der Waals surface area contributed by atoms with Crippen LogP contribution in [-0.4, -0.2) is 24.0 Å². The van der Waals surface area contributed by atoms with Gasteiger partial charge in [0.15, 0.2) is 0 Å². The molecule has 0 spiro atoms. The van der Waals surface area contributed by atoms with Crippen LogP contribution in [0.25, 0.3) is 0 Å². The molecule has 6 nitrogen and oxygen atoms in total. The Morgan fingerprint density at radius 2 is 2.22 bits per heavy atom. The Balaban J connectivity index is 3.13. The second-order valence-electron chi connectivity index (χ2n) is 3.40. The van der Waals surface area contributed by atoms with E-state index in [-0.39, 0.29) is 10.2 Å². The van der Waals surface area contributed by atoms with Crippen molar-refractivity contribution in [3.05, 3.63) is 32.5 Å². The largest absolute Gasteiger partial charge is 0.467 e. The average Bonchev–Trinajstić information content (AvgIpc) is 2.32. The predicted octanol–water partition coefficient (Wildman–Crippen LogP) is 2.47. The second kappa shape index (κ2) is 5.76. The van der Waals surface area contributed by atoms with Crippen molar-refractivity contribution in [3.63, 3.8) is 0 Å². The van der Waals surface area contributed by atoms with Crippen molar-refractivity contribution in [2.24, 2.45) is 0 Å². The summed E-state index contributed by atoms with van der Waals surface area (Å²) in [5.74, 6) is -1.60. The van der Waals surface area contributed by atoms with Gasteiger partial charge in [-0.3, -0.25) is 10.1 Å². The van der Waals surface area contributed by atoms with Gasteiger partial charge in [-0.05, 0) is 35.0 Å². The number of esters is 1. The van der Waals surface area contributed by atoms with Crippen molar-refractivity contribution >= 4 is 33.3 Å². The van der Waals surface area contributed by atoms with Gasteiger partial charge in [0.1, 0.15) is 11.7 Å². The van der Waals surface area contributed by atoms with Gasteiger partial charge in [-0.1, -0.05) is 0 Å². The molecule has 1 rings (SSSR count). The number of carbonyl (C=O) groups excluding carboxylic acids is 1. The van der Waals surface area contributed by atoms with Crippen LogP contribution < -0.4 is 5.32 Å². The molecule has 0 fully saturated rings. The fourth-order valence-electron chi connectivity index (χ4n) is 1.30. The van der Waals surface area contributed by atoms with E-state index in [1.54, 1.807) is 0 Å². The first-order valence-electron chi connectivity index (χ1n) is 4.85. The highest BCUT2D eigenvalue weighted by Crippen LogP contribution is 2.32. The zero-order chi connectivity index (χ0) is 13.9. The van der Waals surface area contributed by atoms with Crippen LogP contribution in [0.5, 0.6) is 0 Å². The fraction of sp³-hybridized carbons (Fsp3) is 0.300. The van der Waals surface area contributed by atoms with E-state index in [0.717, 1.165) is 0 Å². The minimum atomic E-state index is -0.998. The van der Waals surface area contributed by atoms with Gasteiger partial charge in [-0.15, -0.1) is 0 Å². The number of halogens is 2. The monoisotopic (exact) mass is 320 g/mol. The molecule has 18 heavy (non-hydrogen) atoms. The van der Waals surface area contributed by atoms with E-state index in [4.69, 9.17) is 0 Å². The lowest BCUT2D eigenvalue weighted by atomic mass is 10.2. The molecule has 0 saturated heterocycles. The summed E-state index contributed by atoms with van der Waals surface area (Å²) >= 11 is 2.86. The molecule has 0 aliphatic heterocycles. The van der Waals surface area contributed by atoms with Crippen molar-refractivity contribution in [3.8, 4) is 0 Å². The predicted molar refractivity (Wildman–Crippen MR) is 65.9 cm³/mol. The first-order valence-corrected chi connectivity index (χ1v) is 5.64. The Morgan fingerprint density at radius 1 is 1.61 bits per heavy atom. The number of anilines is 1. The number of benzene rings is 1. The molecule has 1 aromatic carbocycles. The quantitative estimate of drug-likeness (QED) is 0.523. The summed E-state index contributed by atoms with van der Waals surface area (Å²) in [5, 5.41) is 13.3. The van der Waals surface area contributed by atoms with E-state index in [1.807, 2.05) is 0 Å². The Morgan fingerprint density at radius 3 is 2.72 bits per heavy atom. The van der Waals surface area contributed by atoms with E-state index in [0.29, 0.717) is 0 Å². The van der Waals surface area contributed by atoms with Crippen LogP contribution in [0, 0.1) is 15.9 Å². The van der Waals surface area contributed by atoms with Crippen molar-refractivity contribution in [1.82, 2.24) is 0 Å². The molecule has 0 unspecified atom stereocenters. The van der Waals surface area contributed by atoms with E-state index in [2.05, 4.69) is 26.0 Å². The van der Waals surface area contributed by atoms with Crippen LogP contribution in [0.3, 0.4) is 0 Å². The van der Waals surface area contributed by atoms with Gasteiger partial charge in [0.25, 0.3) is 0 Å². The Labute approximate surface area is 110 Å². The molecule has 0 saturated carbocycles. The molecule has 1 atom stereocenters. The summed E-state index contributed by atoms with van der Waals surface area (Å²) in [7, 11) is 1.19. The average molecular weight is 321 g/mol. The van der Waals surface area contributed by atoms with Crippen LogP contribution in [0.4, 0.5) is 15.8 Å².